The molecule has 1 N–H and O–H groups in total. The van der Waals surface area contributed by atoms with E-state index in [-0.39, 0.29) is 12.6 Å². The van der Waals surface area contributed by atoms with Crippen molar-refractivity contribution in [2.45, 2.75) is 18.9 Å². The van der Waals surface area contributed by atoms with Crippen LogP contribution in [0.5, 0.6) is 0 Å². The first-order valence-corrected chi connectivity index (χ1v) is 5.04. The van der Waals surface area contributed by atoms with Crippen LogP contribution in [0.4, 0.5) is 5.95 Å². The molecule has 0 unspecified atom stereocenters. The lowest BCUT2D eigenvalue weighted by Gasteiger charge is -2.22. The minimum Gasteiger partial charge on any atom is -0.394 e. The summed E-state index contributed by atoms with van der Waals surface area (Å²) in [7, 11) is 0. The highest BCUT2D eigenvalue weighted by atomic mass is 35.5. The molecule has 1 aromatic rings. The van der Waals surface area contributed by atoms with Crippen LogP contribution in [0.2, 0.25) is 5.02 Å². The lowest BCUT2D eigenvalue weighted by atomic mass is 10.2. The third-order valence-corrected chi connectivity index (χ3v) is 2.65. The van der Waals surface area contributed by atoms with Crippen LogP contribution in [0, 0.1) is 0 Å². The van der Waals surface area contributed by atoms with Crippen molar-refractivity contribution in [3.63, 3.8) is 0 Å². The van der Waals surface area contributed by atoms with E-state index in [2.05, 4.69) is 9.97 Å². The molecule has 1 aliphatic rings. The average Bonchev–Trinajstić information content (AvgIpc) is 2.67. The van der Waals surface area contributed by atoms with Crippen molar-refractivity contribution < 1.29 is 5.11 Å². The lowest BCUT2D eigenvalue weighted by molar-refractivity contribution is 0.265. The van der Waals surface area contributed by atoms with E-state index in [9.17, 15) is 0 Å². The number of anilines is 1. The van der Waals surface area contributed by atoms with Gasteiger partial charge in [0.2, 0.25) is 5.95 Å². The number of hydrogen-bond acceptors (Lipinski definition) is 4. The zero-order valence-electron chi connectivity index (χ0n) is 7.73. The van der Waals surface area contributed by atoms with Crippen molar-refractivity contribution >= 4 is 17.5 Å². The SMILES string of the molecule is OC[C@@H]1CCCN1c1ncc(Cl)cn1. The third-order valence-electron chi connectivity index (χ3n) is 2.45. The van der Waals surface area contributed by atoms with E-state index in [1.165, 1.54) is 0 Å². The van der Waals surface area contributed by atoms with Crippen molar-refractivity contribution in [2.75, 3.05) is 18.1 Å². The van der Waals surface area contributed by atoms with Crippen LogP contribution in [0.15, 0.2) is 12.4 Å². The predicted molar refractivity (Wildman–Crippen MR) is 54.5 cm³/mol. The van der Waals surface area contributed by atoms with Crippen molar-refractivity contribution in [3.8, 4) is 0 Å². The number of aliphatic hydroxyl groups excluding tert-OH is 1. The molecule has 0 bridgehead atoms. The van der Waals surface area contributed by atoms with Gasteiger partial charge in [-0.05, 0) is 12.8 Å². The summed E-state index contributed by atoms with van der Waals surface area (Å²) in [5.74, 6) is 0.658. The highest BCUT2D eigenvalue weighted by molar-refractivity contribution is 6.30. The molecule has 1 aliphatic heterocycles. The first kappa shape index (κ1) is 9.68. The van der Waals surface area contributed by atoms with Gasteiger partial charge in [-0.25, -0.2) is 9.97 Å². The maximum Gasteiger partial charge on any atom is 0.225 e. The van der Waals surface area contributed by atoms with Gasteiger partial charge in [-0.2, -0.15) is 0 Å². The van der Waals surface area contributed by atoms with Crippen molar-refractivity contribution in [3.05, 3.63) is 17.4 Å². The monoisotopic (exact) mass is 213 g/mol. The summed E-state index contributed by atoms with van der Waals surface area (Å²) in [6, 6.07) is 0.163. The lowest BCUT2D eigenvalue weighted by Crippen LogP contribution is -2.33. The molecular weight excluding hydrogens is 202 g/mol. The van der Waals surface area contributed by atoms with E-state index in [0.717, 1.165) is 19.4 Å². The van der Waals surface area contributed by atoms with Gasteiger partial charge >= 0.3 is 0 Å². The predicted octanol–water partition coefficient (Wildman–Crippen LogP) is 1.09. The fraction of sp³-hybridized carbons (Fsp3) is 0.556. The van der Waals surface area contributed by atoms with E-state index >= 15 is 0 Å². The molecule has 2 rings (SSSR count). The Hall–Kier alpha value is -0.870. The molecule has 5 heteroatoms. The smallest absolute Gasteiger partial charge is 0.225 e. The summed E-state index contributed by atoms with van der Waals surface area (Å²) in [5, 5.41) is 9.66. The normalized spacial score (nSPS) is 21.6. The molecule has 0 amide bonds. The summed E-state index contributed by atoms with van der Waals surface area (Å²) in [6.45, 7) is 1.07. The van der Waals surface area contributed by atoms with E-state index in [1.54, 1.807) is 12.4 Å². The van der Waals surface area contributed by atoms with Gasteiger partial charge in [0.1, 0.15) is 0 Å². The van der Waals surface area contributed by atoms with Crippen molar-refractivity contribution in [1.29, 1.82) is 0 Å². The zero-order valence-corrected chi connectivity index (χ0v) is 8.48. The first-order chi connectivity index (χ1) is 6.81. The Labute approximate surface area is 87.5 Å². The van der Waals surface area contributed by atoms with Gasteiger partial charge in [0.15, 0.2) is 0 Å². The van der Waals surface area contributed by atoms with Crippen LogP contribution in [-0.2, 0) is 0 Å². The van der Waals surface area contributed by atoms with Gasteiger partial charge in [0, 0.05) is 6.54 Å². The molecule has 0 radical (unpaired) electrons. The number of rotatable bonds is 2. The highest BCUT2D eigenvalue weighted by Gasteiger charge is 2.25. The number of halogens is 1. The Morgan fingerprint density at radius 1 is 1.50 bits per heavy atom. The first-order valence-electron chi connectivity index (χ1n) is 4.66. The molecule has 0 saturated carbocycles. The van der Waals surface area contributed by atoms with E-state index in [0.29, 0.717) is 11.0 Å². The standard InChI is InChI=1S/C9H12ClN3O/c10-7-4-11-9(12-5-7)13-3-1-2-8(13)6-14/h4-5,8,14H,1-3,6H2/t8-/m0/s1. The molecule has 76 valence electrons. The van der Waals surface area contributed by atoms with E-state index in [1.807, 2.05) is 4.90 Å². The van der Waals surface area contributed by atoms with Crippen LogP contribution >= 0.6 is 11.6 Å². The Kier molecular flexibility index (Phi) is 2.84. The molecule has 2 heterocycles. The summed E-state index contributed by atoms with van der Waals surface area (Å²) in [5.41, 5.74) is 0. The molecule has 1 aromatic heterocycles. The second-order valence-electron chi connectivity index (χ2n) is 3.37. The second-order valence-corrected chi connectivity index (χ2v) is 3.81. The van der Waals surface area contributed by atoms with Crippen LogP contribution < -0.4 is 4.90 Å². The van der Waals surface area contributed by atoms with Crippen molar-refractivity contribution in [1.82, 2.24) is 9.97 Å². The molecule has 4 nitrogen and oxygen atoms in total. The molecule has 0 aliphatic carbocycles. The average molecular weight is 214 g/mol. The molecular formula is C9H12ClN3O. The molecule has 0 spiro atoms. The Balaban J connectivity index is 2.17. The van der Waals surface area contributed by atoms with Gasteiger partial charge in [-0.1, -0.05) is 11.6 Å². The molecule has 1 fully saturated rings. The summed E-state index contributed by atoms with van der Waals surface area (Å²) >= 11 is 5.70. The van der Waals surface area contributed by atoms with Gasteiger partial charge in [-0.3, -0.25) is 0 Å². The van der Waals surface area contributed by atoms with Crippen LogP contribution in [0.3, 0.4) is 0 Å². The maximum absolute atomic E-state index is 9.13. The molecule has 1 atom stereocenters. The number of hydrogen-bond donors (Lipinski definition) is 1. The van der Waals surface area contributed by atoms with Gasteiger partial charge in [-0.15, -0.1) is 0 Å². The van der Waals surface area contributed by atoms with Crippen LogP contribution in [0.25, 0.3) is 0 Å². The fourth-order valence-electron chi connectivity index (χ4n) is 1.74. The van der Waals surface area contributed by atoms with Crippen molar-refractivity contribution in [2.24, 2.45) is 0 Å². The minimum absolute atomic E-state index is 0.159. The number of nitrogens with zero attached hydrogens (tertiary/aromatic N) is 3. The van der Waals surface area contributed by atoms with E-state index < -0.39 is 0 Å². The minimum atomic E-state index is 0.159. The number of aliphatic hydroxyl groups is 1. The summed E-state index contributed by atoms with van der Waals surface area (Å²) < 4.78 is 0. The van der Waals surface area contributed by atoms with Gasteiger partial charge in [0.05, 0.1) is 30.1 Å². The Morgan fingerprint density at radius 3 is 2.86 bits per heavy atom. The van der Waals surface area contributed by atoms with Crippen LogP contribution in [0.1, 0.15) is 12.8 Å². The quantitative estimate of drug-likeness (QED) is 0.799. The second kappa shape index (κ2) is 4.11. The maximum atomic E-state index is 9.13. The molecule has 1 saturated heterocycles. The summed E-state index contributed by atoms with van der Waals surface area (Å²) in [6.07, 6.45) is 5.24. The number of aromatic nitrogens is 2. The Bertz CT molecular complexity index is 303. The largest absolute Gasteiger partial charge is 0.394 e. The third kappa shape index (κ3) is 1.81. The van der Waals surface area contributed by atoms with Gasteiger partial charge in [0.25, 0.3) is 0 Å². The summed E-state index contributed by atoms with van der Waals surface area (Å²) in [4.78, 5) is 10.3. The Morgan fingerprint density at radius 2 is 2.21 bits per heavy atom. The highest BCUT2D eigenvalue weighted by Crippen LogP contribution is 2.21. The molecule has 0 aromatic carbocycles. The topological polar surface area (TPSA) is 49.2 Å². The van der Waals surface area contributed by atoms with Crippen LogP contribution in [-0.4, -0.2) is 34.3 Å². The fourth-order valence-corrected chi connectivity index (χ4v) is 1.84. The molecule has 14 heavy (non-hydrogen) atoms. The zero-order chi connectivity index (χ0) is 9.97. The van der Waals surface area contributed by atoms with E-state index in [4.69, 9.17) is 16.7 Å². The van der Waals surface area contributed by atoms with Gasteiger partial charge < -0.3 is 10.0 Å².